The number of hydrogen-bond acceptors (Lipinski definition) is 0. The highest BCUT2D eigenvalue weighted by atomic mass is 14.0. The van der Waals surface area contributed by atoms with Gasteiger partial charge in [0.2, 0.25) is 0 Å². The molecule has 1 aromatic carbocycles. The van der Waals surface area contributed by atoms with Gasteiger partial charge in [-0.15, -0.1) is 0 Å². The van der Waals surface area contributed by atoms with Gasteiger partial charge >= 0.3 is 0 Å². The van der Waals surface area contributed by atoms with Crippen molar-refractivity contribution in [2.45, 2.75) is 27.2 Å². The monoisotopic (exact) mass is 160 g/mol. The van der Waals surface area contributed by atoms with Gasteiger partial charge in [0.15, 0.2) is 0 Å². The molecule has 0 saturated heterocycles. The Kier molecular flexibility index (Phi) is 3.09. The second-order valence-electron chi connectivity index (χ2n) is 3.17. The minimum Gasteiger partial charge on any atom is -0.0842 e. The van der Waals surface area contributed by atoms with Gasteiger partial charge < -0.3 is 0 Å². The fraction of sp³-hybridized carbons (Fsp3) is 0.333. The zero-order chi connectivity index (χ0) is 8.97. The highest BCUT2D eigenvalue weighted by Gasteiger charge is 1.92. The van der Waals surface area contributed by atoms with Crippen LogP contribution in [0.1, 0.15) is 30.0 Å². The number of rotatable bonds is 2. The van der Waals surface area contributed by atoms with Gasteiger partial charge in [0.1, 0.15) is 0 Å². The van der Waals surface area contributed by atoms with Crippen LogP contribution in [0, 0.1) is 13.8 Å². The van der Waals surface area contributed by atoms with E-state index in [0.717, 1.165) is 6.42 Å². The second-order valence-corrected chi connectivity index (χ2v) is 3.17. The van der Waals surface area contributed by atoms with Crippen molar-refractivity contribution in [1.29, 1.82) is 0 Å². The molecule has 0 spiro atoms. The summed E-state index contributed by atoms with van der Waals surface area (Å²) in [6.07, 6.45) is 5.49. The van der Waals surface area contributed by atoms with E-state index in [2.05, 4.69) is 51.1 Å². The highest BCUT2D eigenvalue weighted by Crippen LogP contribution is 2.12. The van der Waals surface area contributed by atoms with E-state index in [9.17, 15) is 0 Å². The molecule has 0 bridgehead atoms. The van der Waals surface area contributed by atoms with Crippen LogP contribution >= 0.6 is 0 Å². The topological polar surface area (TPSA) is 0 Å². The van der Waals surface area contributed by atoms with E-state index in [-0.39, 0.29) is 0 Å². The Morgan fingerprint density at radius 2 is 2.00 bits per heavy atom. The van der Waals surface area contributed by atoms with Crippen molar-refractivity contribution in [3.63, 3.8) is 0 Å². The third-order valence-electron chi connectivity index (χ3n) is 1.96. The molecule has 0 aliphatic heterocycles. The van der Waals surface area contributed by atoms with E-state index in [4.69, 9.17) is 0 Å². The largest absolute Gasteiger partial charge is 0.0842 e. The lowest BCUT2D eigenvalue weighted by atomic mass is 10.1. The molecule has 0 nitrogen and oxygen atoms in total. The summed E-state index contributed by atoms with van der Waals surface area (Å²) in [5.41, 5.74) is 4.03. The van der Waals surface area contributed by atoms with Crippen LogP contribution in [0.2, 0.25) is 0 Å². The van der Waals surface area contributed by atoms with E-state index in [1.165, 1.54) is 16.7 Å². The lowest BCUT2D eigenvalue weighted by Gasteiger charge is -2.00. The molecule has 0 radical (unpaired) electrons. The summed E-state index contributed by atoms with van der Waals surface area (Å²) in [6.45, 7) is 6.43. The molecule has 0 aromatic heterocycles. The van der Waals surface area contributed by atoms with Crippen LogP contribution in [0.15, 0.2) is 24.3 Å². The molecule has 1 aromatic rings. The summed E-state index contributed by atoms with van der Waals surface area (Å²) in [4.78, 5) is 0. The van der Waals surface area contributed by atoms with E-state index in [0.29, 0.717) is 0 Å². The van der Waals surface area contributed by atoms with Crippen LogP contribution in [-0.4, -0.2) is 0 Å². The van der Waals surface area contributed by atoms with Crippen molar-refractivity contribution < 1.29 is 0 Å². The maximum atomic E-state index is 2.22. The molecule has 0 aliphatic rings. The molecule has 0 N–H and O–H groups in total. The fourth-order valence-electron chi connectivity index (χ4n) is 1.26. The van der Waals surface area contributed by atoms with E-state index < -0.39 is 0 Å². The Morgan fingerprint density at radius 3 is 2.58 bits per heavy atom. The molecular formula is C12H16. The first-order valence-electron chi connectivity index (χ1n) is 4.48. The molecule has 0 amide bonds. The normalized spacial score (nSPS) is 10.9. The van der Waals surface area contributed by atoms with Crippen LogP contribution < -0.4 is 0 Å². The summed E-state index contributed by atoms with van der Waals surface area (Å²) in [7, 11) is 0. The maximum Gasteiger partial charge on any atom is -0.0230 e. The molecular weight excluding hydrogens is 144 g/mol. The Morgan fingerprint density at radius 1 is 1.25 bits per heavy atom. The lowest BCUT2D eigenvalue weighted by Crippen LogP contribution is -1.81. The van der Waals surface area contributed by atoms with Crippen molar-refractivity contribution >= 4 is 6.08 Å². The minimum atomic E-state index is 1.10. The zero-order valence-corrected chi connectivity index (χ0v) is 8.09. The molecule has 12 heavy (non-hydrogen) atoms. The average molecular weight is 160 g/mol. The number of aryl methyl sites for hydroxylation is 2. The molecule has 0 saturated carbocycles. The standard InChI is InChI=1S/C12H16/c1-4-5-6-12-8-7-10(2)9-11(12)3/h5-9H,4H2,1-3H3/b6-5-. The molecule has 0 unspecified atom stereocenters. The summed E-state index contributed by atoms with van der Waals surface area (Å²) < 4.78 is 0. The summed E-state index contributed by atoms with van der Waals surface area (Å²) in [6, 6.07) is 6.55. The van der Waals surface area contributed by atoms with Gasteiger partial charge in [-0.05, 0) is 31.4 Å². The van der Waals surface area contributed by atoms with Crippen molar-refractivity contribution in [2.24, 2.45) is 0 Å². The zero-order valence-electron chi connectivity index (χ0n) is 8.09. The van der Waals surface area contributed by atoms with Crippen LogP contribution in [0.25, 0.3) is 6.08 Å². The van der Waals surface area contributed by atoms with Gasteiger partial charge in [-0.2, -0.15) is 0 Å². The minimum absolute atomic E-state index is 1.10. The lowest BCUT2D eigenvalue weighted by molar-refractivity contribution is 1.23. The summed E-state index contributed by atoms with van der Waals surface area (Å²) >= 11 is 0. The van der Waals surface area contributed by atoms with E-state index in [1.54, 1.807) is 0 Å². The number of hydrogen-bond donors (Lipinski definition) is 0. The van der Waals surface area contributed by atoms with Crippen LogP contribution in [0.3, 0.4) is 0 Å². The van der Waals surface area contributed by atoms with Gasteiger partial charge in [0, 0.05) is 0 Å². The SMILES string of the molecule is CC/C=C\c1ccc(C)cc1C. The average Bonchev–Trinajstić information content (AvgIpc) is 2.03. The Hall–Kier alpha value is -1.04. The maximum absolute atomic E-state index is 2.22. The van der Waals surface area contributed by atoms with Crippen molar-refractivity contribution in [3.05, 3.63) is 41.0 Å². The Bertz CT molecular complexity index is 282. The molecule has 1 rings (SSSR count). The predicted octanol–water partition coefficient (Wildman–Crippen LogP) is 3.73. The van der Waals surface area contributed by atoms with Crippen LogP contribution in [0.4, 0.5) is 0 Å². The van der Waals surface area contributed by atoms with Gasteiger partial charge in [-0.1, -0.05) is 42.8 Å². The van der Waals surface area contributed by atoms with Crippen molar-refractivity contribution in [3.8, 4) is 0 Å². The first-order chi connectivity index (χ1) is 5.74. The molecule has 0 heterocycles. The first-order valence-corrected chi connectivity index (χ1v) is 4.48. The van der Waals surface area contributed by atoms with Gasteiger partial charge in [0.25, 0.3) is 0 Å². The van der Waals surface area contributed by atoms with Crippen LogP contribution in [0.5, 0.6) is 0 Å². The molecule has 64 valence electrons. The fourth-order valence-corrected chi connectivity index (χ4v) is 1.26. The van der Waals surface area contributed by atoms with Gasteiger partial charge in [-0.3, -0.25) is 0 Å². The third-order valence-corrected chi connectivity index (χ3v) is 1.96. The Balaban J connectivity index is 2.94. The van der Waals surface area contributed by atoms with Gasteiger partial charge in [0.05, 0.1) is 0 Å². The van der Waals surface area contributed by atoms with Gasteiger partial charge in [-0.25, -0.2) is 0 Å². The van der Waals surface area contributed by atoms with Crippen LogP contribution in [-0.2, 0) is 0 Å². The molecule has 0 atom stereocenters. The quantitative estimate of drug-likeness (QED) is 0.618. The predicted molar refractivity (Wildman–Crippen MR) is 55.2 cm³/mol. The van der Waals surface area contributed by atoms with Crippen molar-refractivity contribution in [1.82, 2.24) is 0 Å². The summed E-state index contributed by atoms with van der Waals surface area (Å²) in [5.74, 6) is 0. The van der Waals surface area contributed by atoms with E-state index in [1.807, 2.05) is 0 Å². The second kappa shape index (κ2) is 4.10. The smallest absolute Gasteiger partial charge is 0.0230 e. The molecule has 0 aliphatic carbocycles. The molecule has 0 fully saturated rings. The molecule has 0 heteroatoms. The number of benzene rings is 1. The third kappa shape index (κ3) is 2.23. The Labute approximate surface area is 74.9 Å². The first kappa shape index (κ1) is 9.05. The number of allylic oxidation sites excluding steroid dienone is 1. The van der Waals surface area contributed by atoms with Crippen molar-refractivity contribution in [2.75, 3.05) is 0 Å². The van der Waals surface area contributed by atoms with E-state index >= 15 is 0 Å². The summed E-state index contributed by atoms with van der Waals surface area (Å²) in [5, 5.41) is 0. The highest BCUT2D eigenvalue weighted by molar-refractivity contribution is 5.54.